The van der Waals surface area contributed by atoms with Gasteiger partial charge >= 0.3 is 5.97 Å². The summed E-state index contributed by atoms with van der Waals surface area (Å²) < 4.78 is 22.8. The molecule has 0 unspecified atom stereocenters. The molecule has 0 radical (unpaired) electrons. The van der Waals surface area contributed by atoms with Gasteiger partial charge < -0.3 is 9.47 Å². The Morgan fingerprint density at radius 2 is 2.11 bits per heavy atom. The zero-order chi connectivity index (χ0) is 13.5. The first-order chi connectivity index (χ1) is 8.56. The summed E-state index contributed by atoms with van der Waals surface area (Å²) in [5.41, 5.74) is 0.586. The third kappa shape index (κ3) is 4.01. The van der Waals surface area contributed by atoms with Crippen LogP contribution in [0.5, 0.6) is 5.75 Å². The molecule has 0 saturated heterocycles. The molecule has 5 heteroatoms. The fourth-order valence-corrected chi connectivity index (χ4v) is 1.24. The zero-order valence-corrected chi connectivity index (χ0v) is 10.1. The smallest absolute Gasteiger partial charge is 0.333 e. The highest BCUT2D eigenvalue weighted by atomic mass is 19.1. The number of hydrogen-bond donors (Lipinski definition) is 0. The van der Waals surface area contributed by atoms with Crippen LogP contribution in [-0.2, 0) is 9.53 Å². The Balaban J connectivity index is 2.66. The average Bonchev–Trinajstić information content (AvgIpc) is 2.36. The van der Waals surface area contributed by atoms with Gasteiger partial charge in [-0.3, -0.25) is 4.79 Å². The van der Waals surface area contributed by atoms with Crippen molar-refractivity contribution in [3.8, 4) is 5.75 Å². The topological polar surface area (TPSA) is 52.6 Å². The van der Waals surface area contributed by atoms with E-state index in [1.807, 2.05) is 0 Å². The molecule has 0 aliphatic rings. The van der Waals surface area contributed by atoms with E-state index in [-0.39, 0.29) is 17.9 Å². The number of methoxy groups -OCH3 is 1. The van der Waals surface area contributed by atoms with Gasteiger partial charge in [-0.05, 0) is 25.1 Å². The van der Waals surface area contributed by atoms with Crippen molar-refractivity contribution in [3.63, 3.8) is 0 Å². The Morgan fingerprint density at radius 1 is 1.39 bits per heavy atom. The van der Waals surface area contributed by atoms with Crippen LogP contribution >= 0.6 is 0 Å². The van der Waals surface area contributed by atoms with Crippen LogP contribution in [0.3, 0.4) is 0 Å². The molecule has 4 nitrogen and oxygen atoms in total. The number of carbonyl (C=O) groups excluding carboxylic acids is 2. The molecule has 1 aromatic carbocycles. The highest BCUT2D eigenvalue weighted by Crippen LogP contribution is 2.15. The Kier molecular flexibility index (Phi) is 5.05. The van der Waals surface area contributed by atoms with Crippen molar-refractivity contribution >= 4 is 12.3 Å². The molecule has 1 aromatic rings. The van der Waals surface area contributed by atoms with E-state index >= 15 is 0 Å². The lowest BCUT2D eigenvalue weighted by molar-refractivity contribution is -0.136. The maximum Gasteiger partial charge on any atom is 0.333 e. The highest BCUT2D eigenvalue weighted by molar-refractivity contribution is 5.87. The fraction of sp³-hybridized carbons (Fsp3) is 0.231. The van der Waals surface area contributed by atoms with E-state index in [0.29, 0.717) is 11.9 Å². The van der Waals surface area contributed by atoms with Gasteiger partial charge in [-0.2, -0.15) is 0 Å². The summed E-state index contributed by atoms with van der Waals surface area (Å²) in [5, 5.41) is 0. The van der Waals surface area contributed by atoms with Gasteiger partial charge in [0.25, 0.3) is 0 Å². The second-order valence-corrected chi connectivity index (χ2v) is 3.53. The summed E-state index contributed by atoms with van der Waals surface area (Å²) in [7, 11) is 1.28. The first-order valence-electron chi connectivity index (χ1n) is 5.20. The van der Waals surface area contributed by atoms with E-state index < -0.39 is 11.8 Å². The van der Waals surface area contributed by atoms with Gasteiger partial charge in [0.05, 0.1) is 7.11 Å². The molecule has 0 aliphatic heterocycles. The first kappa shape index (κ1) is 13.9. The lowest BCUT2D eigenvalue weighted by Crippen LogP contribution is -2.04. The molecule has 18 heavy (non-hydrogen) atoms. The monoisotopic (exact) mass is 252 g/mol. The number of esters is 1. The molecule has 0 saturated carbocycles. The third-order valence-electron chi connectivity index (χ3n) is 2.18. The number of aldehydes is 1. The third-order valence-corrected chi connectivity index (χ3v) is 2.18. The van der Waals surface area contributed by atoms with E-state index in [1.165, 1.54) is 19.3 Å². The lowest BCUT2D eigenvalue weighted by Gasteiger charge is -2.05. The van der Waals surface area contributed by atoms with E-state index in [4.69, 9.17) is 4.74 Å². The Hall–Kier alpha value is -2.17. The predicted octanol–water partition coefficient (Wildman–Crippen LogP) is 2.14. The number of ether oxygens (including phenoxy) is 2. The first-order valence-corrected chi connectivity index (χ1v) is 5.20. The standard InChI is InChI=1S/C13H13FO4/c1-9(13(16)17-2)3-4-18-12-6-10(8-15)5-11(14)7-12/h3,5-8H,4H2,1-2H3/b9-3+. The van der Waals surface area contributed by atoms with Crippen LogP contribution in [0.25, 0.3) is 0 Å². The van der Waals surface area contributed by atoms with Crippen molar-refractivity contribution in [2.45, 2.75) is 6.92 Å². The van der Waals surface area contributed by atoms with Crippen molar-refractivity contribution < 1.29 is 23.5 Å². The highest BCUT2D eigenvalue weighted by Gasteiger charge is 2.03. The van der Waals surface area contributed by atoms with Crippen molar-refractivity contribution in [3.05, 3.63) is 41.2 Å². The molecule has 0 bridgehead atoms. The van der Waals surface area contributed by atoms with Gasteiger partial charge in [0.1, 0.15) is 24.5 Å². The van der Waals surface area contributed by atoms with Crippen LogP contribution in [-0.4, -0.2) is 26.0 Å². The Morgan fingerprint density at radius 3 is 2.72 bits per heavy atom. The SMILES string of the molecule is COC(=O)/C(C)=C/COc1cc(F)cc(C=O)c1. The fourth-order valence-electron chi connectivity index (χ4n) is 1.24. The van der Waals surface area contributed by atoms with Gasteiger partial charge in [0.15, 0.2) is 0 Å². The van der Waals surface area contributed by atoms with Crippen LogP contribution in [0, 0.1) is 5.82 Å². The molecular weight excluding hydrogens is 239 g/mol. The van der Waals surface area contributed by atoms with Crippen molar-refractivity contribution in [2.75, 3.05) is 13.7 Å². The molecule has 0 N–H and O–H groups in total. The van der Waals surface area contributed by atoms with Crippen LogP contribution in [0.15, 0.2) is 29.8 Å². The Bertz CT molecular complexity index is 480. The summed E-state index contributed by atoms with van der Waals surface area (Å²) in [5.74, 6) is -0.777. The number of carbonyl (C=O) groups is 2. The molecule has 0 spiro atoms. The second-order valence-electron chi connectivity index (χ2n) is 3.53. The molecule has 0 aliphatic carbocycles. The van der Waals surface area contributed by atoms with E-state index in [9.17, 15) is 14.0 Å². The molecule has 1 rings (SSSR count). The van der Waals surface area contributed by atoms with Crippen molar-refractivity contribution in [1.82, 2.24) is 0 Å². The van der Waals surface area contributed by atoms with Crippen molar-refractivity contribution in [1.29, 1.82) is 0 Å². The van der Waals surface area contributed by atoms with Gasteiger partial charge in [-0.25, -0.2) is 9.18 Å². The van der Waals surface area contributed by atoms with E-state index in [2.05, 4.69) is 4.74 Å². The molecule has 0 fully saturated rings. The molecular formula is C13H13FO4. The van der Waals surface area contributed by atoms with E-state index in [0.717, 1.165) is 12.1 Å². The van der Waals surface area contributed by atoms with Gasteiger partial charge in [-0.1, -0.05) is 0 Å². The summed E-state index contributed by atoms with van der Waals surface area (Å²) in [6, 6.07) is 3.68. The second kappa shape index (κ2) is 6.54. The quantitative estimate of drug-likeness (QED) is 0.457. The van der Waals surface area contributed by atoms with E-state index in [1.54, 1.807) is 6.92 Å². The minimum absolute atomic E-state index is 0.0860. The molecule has 0 aromatic heterocycles. The minimum Gasteiger partial charge on any atom is -0.489 e. The minimum atomic E-state index is -0.553. The van der Waals surface area contributed by atoms with Crippen molar-refractivity contribution in [2.24, 2.45) is 0 Å². The van der Waals surface area contributed by atoms with Gasteiger partial charge in [0, 0.05) is 17.2 Å². The van der Waals surface area contributed by atoms with Crippen LogP contribution < -0.4 is 4.74 Å². The zero-order valence-electron chi connectivity index (χ0n) is 10.1. The maximum absolute atomic E-state index is 13.1. The number of benzene rings is 1. The molecule has 96 valence electrons. The van der Waals surface area contributed by atoms with Crippen LogP contribution in [0.1, 0.15) is 17.3 Å². The molecule has 0 amide bonds. The Labute approximate surface area is 104 Å². The lowest BCUT2D eigenvalue weighted by atomic mass is 10.2. The normalized spacial score (nSPS) is 10.9. The molecule has 0 atom stereocenters. The summed E-state index contributed by atoms with van der Waals surface area (Å²) >= 11 is 0. The maximum atomic E-state index is 13.1. The van der Waals surface area contributed by atoms with Gasteiger partial charge in [0.2, 0.25) is 0 Å². The number of hydrogen-bond acceptors (Lipinski definition) is 4. The molecule has 0 heterocycles. The largest absolute Gasteiger partial charge is 0.489 e. The summed E-state index contributed by atoms with van der Waals surface area (Å²) in [6.07, 6.45) is 2.04. The van der Waals surface area contributed by atoms with Crippen LogP contribution in [0.2, 0.25) is 0 Å². The van der Waals surface area contributed by atoms with Gasteiger partial charge in [-0.15, -0.1) is 0 Å². The number of halogens is 1. The summed E-state index contributed by atoms with van der Waals surface area (Å²) in [4.78, 5) is 21.6. The van der Waals surface area contributed by atoms with Crippen LogP contribution in [0.4, 0.5) is 4.39 Å². The average molecular weight is 252 g/mol. The number of rotatable bonds is 5. The summed E-state index contributed by atoms with van der Waals surface area (Å²) in [6.45, 7) is 1.67. The predicted molar refractivity (Wildman–Crippen MR) is 63.1 cm³/mol.